The summed E-state index contributed by atoms with van der Waals surface area (Å²) >= 11 is 0. The predicted octanol–water partition coefficient (Wildman–Crippen LogP) is 0.0644. The second-order valence-corrected chi connectivity index (χ2v) is 6.87. The van der Waals surface area contributed by atoms with Gasteiger partial charge >= 0.3 is 11.9 Å². The normalized spacial score (nSPS) is 23.5. The summed E-state index contributed by atoms with van der Waals surface area (Å²) in [6.07, 6.45) is 1.28. The molecule has 1 aliphatic rings. The summed E-state index contributed by atoms with van der Waals surface area (Å²) in [7, 11) is -1.10. The minimum atomic E-state index is -3.67. The van der Waals surface area contributed by atoms with Crippen LogP contribution < -0.4 is 0 Å². The third-order valence-corrected chi connectivity index (χ3v) is 5.79. The number of esters is 1. The number of carboxylic acid groups (broad SMARTS) is 1. The third kappa shape index (κ3) is 3.66. The topological polar surface area (TPSA) is 101 Å². The molecule has 0 amide bonds. The lowest BCUT2D eigenvalue weighted by molar-refractivity contribution is -0.145. The molecule has 0 bridgehead atoms. The Morgan fingerprint density at radius 3 is 2.53 bits per heavy atom. The maximum absolute atomic E-state index is 12.3. The first kappa shape index (κ1) is 15.9. The number of methoxy groups -OCH3 is 1. The number of aliphatic carboxylic acids is 1. The average molecular weight is 293 g/mol. The van der Waals surface area contributed by atoms with E-state index in [-0.39, 0.29) is 13.0 Å². The number of nitrogens with zero attached hydrogens (tertiary/aromatic N) is 1. The monoisotopic (exact) mass is 293 g/mol. The van der Waals surface area contributed by atoms with Crippen LogP contribution in [0.25, 0.3) is 0 Å². The van der Waals surface area contributed by atoms with Crippen molar-refractivity contribution in [1.29, 1.82) is 0 Å². The number of carbonyl (C=O) groups excluding carboxylic acids is 1. The van der Waals surface area contributed by atoms with E-state index in [1.807, 2.05) is 0 Å². The van der Waals surface area contributed by atoms with Gasteiger partial charge in [0, 0.05) is 13.6 Å². The van der Waals surface area contributed by atoms with Gasteiger partial charge in [-0.2, -0.15) is 0 Å². The van der Waals surface area contributed by atoms with Gasteiger partial charge in [0.2, 0.25) is 10.0 Å². The number of sulfonamides is 1. The summed E-state index contributed by atoms with van der Waals surface area (Å²) in [4.78, 5) is 22.0. The molecule has 1 N–H and O–H groups in total. The van der Waals surface area contributed by atoms with Gasteiger partial charge in [-0.25, -0.2) is 12.7 Å². The summed E-state index contributed by atoms with van der Waals surface area (Å²) in [5.41, 5.74) is 0. The van der Waals surface area contributed by atoms with Crippen molar-refractivity contribution in [2.75, 3.05) is 20.7 Å². The molecule has 1 rings (SSSR count). The Kier molecular flexibility index (Phi) is 5.30. The van der Waals surface area contributed by atoms with Crippen LogP contribution in [0.4, 0.5) is 0 Å². The Hall–Kier alpha value is -1.15. The number of ether oxygens (including phenoxy) is 1. The lowest BCUT2D eigenvalue weighted by Crippen LogP contribution is -2.41. The van der Waals surface area contributed by atoms with Gasteiger partial charge in [-0.1, -0.05) is 6.42 Å². The van der Waals surface area contributed by atoms with E-state index in [1.165, 1.54) is 14.2 Å². The summed E-state index contributed by atoms with van der Waals surface area (Å²) in [5.74, 6) is -2.22. The highest BCUT2D eigenvalue weighted by Gasteiger charge is 2.43. The quantitative estimate of drug-likeness (QED) is 0.695. The number of carboxylic acids is 1. The second-order valence-electron chi connectivity index (χ2n) is 4.61. The zero-order valence-electron chi connectivity index (χ0n) is 11.0. The van der Waals surface area contributed by atoms with E-state index in [4.69, 9.17) is 5.11 Å². The molecule has 0 heterocycles. The van der Waals surface area contributed by atoms with Crippen LogP contribution in [0.15, 0.2) is 0 Å². The van der Waals surface area contributed by atoms with Crippen LogP contribution in [0.3, 0.4) is 0 Å². The minimum absolute atomic E-state index is 0.0952. The van der Waals surface area contributed by atoms with Crippen molar-refractivity contribution >= 4 is 22.0 Å². The molecule has 0 aromatic carbocycles. The highest BCUT2D eigenvalue weighted by molar-refractivity contribution is 7.89. The molecular weight excluding hydrogens is 274 g/mol. The van der Waals surface area contributed by atoms with Crippen molar-refractivity contribution in [1.82, 2.24) is 4.31 Å². The summed E-state index contributed by atoms with van der Waals surface area (Å²) < 4.78 is 30.2. The number of hydrogen-bond donors (Lipinski definition) is 1. The van der Waals surface area contributed by atoms with E-state index in [9.17, 15) is 18.0 Å². The Morgan fingerprint density at radius 2 is 2.00 bits per heavy atom. The average Bonchev–Trinajstić information content (AvgIpc) is 2.84. The second kappa shape index (κ2) is 6.33. The minimum Gasteiger partial charge on any atom is -0.481 e. The molecule has 110 valence electrons. The highest BCUT2D eigenvalue weighted by atomic mass is 32.2. The number of carbonyl (C=O) groups is 2. The standard InChI is InChI=1S/C11H19NO6S/c1-12(7-6-10(13)14)19(16,17)9-5-3-4-8(9)11(15)18-2/h8-9H,3-7H2,1-2H3,(H,13,14). The van der Waals surface area contributed by atoms with Gasteiger partial charge in [0.05, 0.1) is 24.7 Å². The third-order valence-electron chi connectivity index (χ3n) is 3.41. The summed E-state index contributed by atoms with van der Waals surface area (Å²) in [6.45, 7) is -0.0952. The highest BCUT2D eigenvalue weighted by Crippen LogP contribution is 2.33. The first-order chi connectivity index (χ1) is 8.80. The first-order valence-electron chi connectivity index (χ1n) is 6.05. The molecule has 0 radical (unpaired) electrons. The molecule has 19 heavy (non-hydrogen) atoms. The summed E-state index contributed by atoms with van der Waals surface area (Å²) in [5, 5.41) is 7.77. The van der Waals surface area contributed by atoms with E-state index in [0.717, 1.165) is 4.31 Å². The maximum atomic E-state index is 12.3. The van der Waals surface area contributed by atoms with Crippen molar-refractivity contribution in [3.63, 3.8) is 0 Å². The van der Waals surface area contributed by atoms with Crippen molar-refractivity contribution in [2.24, 2.45) is 5.92 Å². The van der Waals surface area contributed by atoms with Gasteiger partial charge < -0.3 is 9.84 Å². The smallest absolute Gasteiger partial charge is 0.310 e. The predicted molar refractivity (Wildman–Crippen MR) is 66.9 cm³/mol. The molecule has 7 nitrogen and oxygen atoms in total. The van der Waals surface area contributed by atoms with E-state index in [2.05, 4.69) is 4.74 Å². The van der Waals surface area contributed by atoms with Crippen LogP contribution in [0, 0.1) is 5.92 Å². The van der Waals surface area contributed by atoms with Crippen LogP contribution >= 0.6 is 0 Å². The van der Waals surface area contributed by atoms with Crippen molar-refractivity contribution in [3.8, 4) is 0 Å². The van der Waals surface area contributed by atoms with Gasteiger partial charge in [-0.15, -0.1) is 0 Å². The van der Waals surface area contributed by atoms with E-state index in [0.29, 0.717) is 19.3 Å². The molecule has 8 heteroatoms. The lowest BCUT2D eigenvalue weighted by Gasteiger charge is -2.24. The molecular formula is C11H19NO6S. The van der Waals surface area contributed by atoms with Crippen LogP contribution in [0.1, 0.15) is 25.7 Å². The molecule has 1 fully saturated rings. The molecule has 2 unspecified atom stereocenters. The zero-order valence-corrected chi connectivity index (χ0v) is 11.9. The van der Waals surface area contributed by atoms with E-state index in [1.54, 1.807) is 0 Å². The molecule has 1 aliphatic carbocycles. The Labute approximate surface area is 112 Å². The van der Waals surface area contributed by atoms with E-state index >= 15 is 0 Å². The van der Waals surface area contributed by atoms with Gasteiger partial charge in [-0.05, 0) is 12.8 Å². The molecule has 2 atom stereocenters. The van der Waals surface area contributed by atoms with Crippen molar-refractivity contribution in [2.45, 2.75) is 30.9 Å². The fraction of sp³-hybridized carbons (Fsp3) is 0.818. The molecule has 1 saturated carbocycles. The largest absolute Gasteiger partial charge is 0.481 e. The molecule has 0 saturated heterocycles. The van der Waals surface area contributed by atoms with Gasteiger partial charge in [-0.3, -0.25) is 9.59 Å². The Morgan fingerprint density at radius 1 is 1.37 bits per heavy atom. The molecule has 0 aromatic heterocycles. The fourth-order valence-electron chi connectivity index (χ4n) is 2.32. The molecule has 0 aliphatic heterocycles. The van der Waals surface area contributed by atoms with Gasteiger partial charge in [0.1, 0.15) is 0 Å². The number of rotatable bonds is 6. The fourth-order valence-corrected chi connectivity index (χ4v) is 4.25. The van der Waals surface area contributed by atoms with Crippen molar-refractivity contribution in [3.05, 3.63) is 0 Å². The van der Waals surface area contributed by atoms with Gasteiger partial charge in [0.15, 0.2) is 0 Å². The molecule has 0 aromatic rings. The van der Waals surface area contributed by atoms with Crippen LogP contribution in [-0.4, -0.2) is 55.7 Å². The SMILES string of the molecule is COC(=O)C1CCCC1S(=O)(=O)N(C)CCC(=O)O. The lowest BCUT2D eigenvalue weighted by atomic mass is 10.1. The van der Waals surface area contributed by atoms with Crippen LogP contribution in [0.2, 0.25) is 0 Å². The van der Waals surface area contributed by atoms with Crippen LogP contribution in [0.5, 0.6) is 0 Å². The van der Waals surface area contributed by atoms with Crippen LogP contribution in [-0.2, 0) is 24.3 Å². The number of hydrogen-bond acceptors (Lipinski definition) is 5. The van der Waals surface area contributed by atoms with E-state index < -0.39 is 33.1 Å². The van der Waals surface area contributed by atoms with Crippen molar-refractivity contribution < 1.29 is 27.9 Å². The maximum Gasteiger partial charge on any atom is 0.310 e. The first-order valence-corrected chi connectivity index (χ1v) is 7.55. The van der Waals surface area contributed by atoms with Gasteiger partial charge in [0.25, 0.3) is 0 Å². The molecule has 0 spiro atoms. The zero-order chi connectivity index (χ0) is 14.6. The summed E-state index contributed by atoms with van der Waals surface area (Å²) in [6, 6.07) is 0. The Bertz CT molecular complexity index is 446. The Balaban J connectivity index is 2.80.